The van der Waals surface area contributed by atoms with Crippen molar-refractivity contribution < 1.29 is 0 Å². The smallest absolute Gasteiger partial charge is 0.145 e. The van der Waals surface area contributed by atoms with Crippen molar-refractivity contribution in [3.05, 3.63) is 42.6 Å². The predicted octanol–water partition coefficient (Wildman–Crippen LogP) is 3.00. The molecule has 0 fully saturated rings. The lowest BCUT2D eigenvalue weighted by atomic mass is 10.4. The SMILES string of the molecule is C=C[SiH](Cl)Cl.Cl[SiH](Cl)c1ccccc1. The van der Waals surface area contributed by atoms with Gasteiger partial charge in [0, 0.05) is 0 Å². The Morgan fingerprint density at radius 1 is 1.00 bits per heavy atom. The zero-order valence-electron chi connectivity index (χ0n) is 7.34. The van der Waals surface area contributed by atoms with Crippen LogP contribution in [0.15, 0.2) is 42.6 Å². The maximum atomic E-state index is 5.71. The van der Waals surface area contributed by atoms with E-state index in [0.29, 0.717) is 0 Å². The first-order valence-electron chi connectivity index (χ1n) is 3.81. The van der Waals surface area contributed by atoms with Crippen LogP contribution < -0.4 is 5.19 Å². The topological polar surface area (TPSA) is 0 Å². The van der Waals surface area contributed by atoms with Crippen LogP contribution in [0, 0.1) is 0 Å². The predicted molar refractivity (Wildman–Crippen MR) is 74.0 cm³/mol. The average Bonchev–Trinajstić information content (AvgIpc) is 2.20. The molecule has 0 spiro atoms. The van der Waals surface area contributed by atoms with Crippen molar-refractivity contribution in [1.82, 2.24) is 0 Å². The average molecular weight is 304 g/mol. The lowest BCUT2D eigenvalue weighted by Crippen LogP contribution is -2.16. The zero-order chi connectivity index (χ0) is 11.0. The Hall–Kier alpha value is 0.554. The van der Waals surface area contributed by atoms with Crippen molar-refractivity contribution in [3.8, 4) is 0 Å². The molecule has 0 aromatic heterocycles. The van der Waals surface area contributed by atoms with Gasteiger partial charge in [0.2, 0.25) is 0 Å². The van der Waals surface area contributed by atoms with Gasteiger partial charge in [-0.15, -0.1) is 50.9 Å². The Labute approximate surface area is 106 Å². The summed E-state index contributed by atoms with van der Waals surface area (Å²) in [5.41, 5.74) is 1.59. The molecule has 0 amide bonds. The molecule has 1 aromatic carbocycles. The van der Waals surface area contributed by atoms with Crippen molar-refractivity contribution in [2.45, 2.75) is 0 Å². The van der Waals surface area contributed by atoms with Gasteiger partial charge < -0.3 is 0 Å². The highest BCUT2D eigenvalue weighted by molar-refractivity contribution is 7.39. The van der Waals surface area contributed by atoms with Crippen LogP contribution in [0.25, 0.3) is 0 Å². The van der Waals surface area contributed by atoms with Gasteiger partial charge in [-0.2, -0.15) is 0 Å². The largest absolute Gasteiger partial charge is 0.266 e. The maximum Gasteiger partial charge on any atom is 0.266 e. The maximum absolute atomic E-state index is 5.71. The first-order valence-corrected chi connectivity index (χ1v) is 12.0. The number of benzene rings is 1. The minimum atomic E-state index is -1.58. The Morgan fingerprint density at radius 3 is 1.64 bits per heavy atom. The van der Waals surface area contributed by atoms with Gasteiger partial charge in [0.1, 0.15) is 0 Å². The van der Waals surface area contributed by atoms with Crippen LogP contribution in [0.3, 0.4) is 0 Å². The molecule has 0 unspecified atom stereocenters. The Balaban J connectivity index is 0.000000292. The molecule has 0 N–H and O–H groups in total. The van der Waals surface area contributed by atoms with Crippen LogP contribution >= 0.6 is 44.3 Å². The summed E-state index contributed by atoms with van der Waals surface area (Å²) in [6.45, 7) is 3.36. The summed E-state index contributed by atoms with van der Waals surface area (Å²) in [5.74, 6) is 0. The fourth-order valence-corrected chi connectivity index (χ4v) is 1.98. The van der Waals surface area contributed by atoms with E-state index in [9.17, 15) is 0 Å². The number of halogens is 4. The van der Waals surface area contributed by atoms with Crippen molar-refractivity contribution in [2.75, 3.05) is 0 Å². The van der Waals surface area contributed by atoms with Crippen LogP contribution in [0.2, 0.25) is 0 Å². The number of rotatable bonds is 2. The normalized spacial score (nSPS) is 9.57. The van der Waals surface area contributed by atoms with E-state index in [4.69, 9.17) is 44.3 Å². The Bertz CT molecular complexity index is 251. The van der Waals surface area contributed by atoms with Gasteiger partial charge in [-0.25, -0.2) is 0 Å². The molecule has 1 aromatic rings. The van der Waals surface area contributed by atoms with E-state index >= 15 is 0 Å². The fraction of sp³-hybridized carbons (Fsp3) is 0. The van der Waals surface area contributed by atoms with Crippen molar-refractivity contribution >= 4 is 64.3 Å². The molecule has 0 aliphatic carbocycles. The highest BCUT2D eigenvalue weighted by Gasteiger charge is 2.02. The highest BCUT2D eigenvalue weighted by atomic mass is 35.7. The lowest BCUT2D eigenvalue weighted by molar-refractivity contribution is 1.77. The van der Waals surface area contributed by atoms with Gasteiger partial charge in [0.15, 0.2) is 0 Å². The summed E-state index contributed by atoms with van der Waals surface area (Å²) < 4.78 is 0. The van der Waals surface area contributed by atoms with E-state index in [1.54, 1.807) is 5.70 Å². The Morgan fingerprint density at radius 2 is 1.43 bits per heavy atom. The third-order valence-corrected chi connectivity index (χ3v) is 5.06. The van der Waals surface area contributed by atoms with Crippen LogP contribution in [0.5, 0.6) is 0 Å². The number of hydrogen-bond acceptors (Lipinski definition) is 0. The van der Waals surface area contributed by atoms with E-state index in [-0.39, 0.29) is 0 Å². The van der Waals surface area contributed by atoms with Gasteiger partial charge in [0.05, 0.1) is 0 Å². The molecule has 0 bridgehead atoms. The van der Waals surface area contributed by atoms with Gasteiger partial charge in [-0.05, 0) is 5.19 Å². The summed E-state index contributed by atoms with van der Waals surface area (Å²) in [6.07, 6.45) is 0. The molecular formula is C8H10Cl4Si2. The molecule has 0 saturated heterocycles. The second kappa shape index (κ2) is 8.83. The van der Waals surface area contributed by atoms with Crippen molar-refractivity contribution in [1.29, 1.82) is 0 Å². The monoisotopic (exact) mass is 302 g/mol. The fourth-order valence-electron chi connectivity index (χ4n) is 0.599. The molecule has 0 aliphatic rings. The zero-order valence-corrected chi connectivity index (χ0v) is 12.7. The Kier molecular flexibility index (Phi) is 9.18. The summed E-state index contributed by atoms with van der Waals surface area (Å²) in [4.78, 5) is 0. The molecule has 14 heavy (non-hydrogen) atoms. The quantitative estimate of drug-likeness (QED) is 0.582. The van der Waals surface area contributed by atoms with E-state index in [0.717, 1.165) is 5.19 Å². The molecule has 0 atom stereocenters. The van der Waals surface area contributed by atoms with Crippen molar-refractivity contribution in [3.63, 3.8) is 0 Å². The summed E-state index contributed by atoms with van der Waals surface area (Å²) in [7, 11) is -3.03. The van der Waals surface area contributed by atoms with Crippen molar-refractivity contribution in [2.24, 2.45) is 0 Å². The minimum Gasteiger partial charge on any atom is -0.145 e. The first-order chi connectivity index (χ1) is 6.57. The molecule has 78 valence electrons. The molecule has 0 radical (unpaired) electrons. The molecule has 0 heterocycles. The second-order valence-electron chi connectivity index (χ2n) is 2.28. The van der Waals surface area contributed by atoms with Crippen LogP contribution in [0.4, 0.5) is 0 Å². The van der Waals surface area contributed by atoms with Crippen LogP contribution in [0.1, 0.15) is 0 Å². The highest BCUT2D eigenvalue weighted by Crippen LogP contribution is 1.96. The second-order valence-corrected chi connectivity index (χ2v) is 11.5. The van der Waals surface area contributed by atoms with Crippen LogP contribution in [-0.4, -0.2) is 14.8 Å². The molecular weight excluding hydrogens is 294 g/mol. The molecule has 6 heteroatoms. The summed E-state index contributed by atoms with van der Waals surface area (Å²) >= 11 is 21.9. The van der Waals surface area contributed by atoms with Gasteiger partial charge in [-0.3, -0.25) is 0 Å². The number of hydrogen-bond donors (Lipinski definition) is 0. The van der Waals surface area contributed by atoms with Gasteiger partial charge in [-0.1, -0.05) is 36.0 Å². The third kappa shape index (κ3) is 7.91. The lowest BCUT2D eigenvalue weighted by Gasteiger charge is -1.95. The minimum absolute atomic E-state index is 1.08. The summed E-state index contributed by atoms with van der Waals surface area (Å²) in [5, 5.41) is 1.08. The van der Waals surface area contributed by atoms with E-state index < -0.39 is 14.8 Å². The van der Waals surface area contributed by atoms with Crippen LogP contribution in [-0.2, 0) is 0 Å². The van der Waals surface area contributed by atoms with E-state index in [1.165, 1.54) is 0 Å². The standard InChI is InChI=1S/C6H6Cl2Si.C2H4Cl2Si/c7-9(8)6-4-2-1-3-5-6;1-2-5(3)4/h1-5,9H;2,5H,1H2. The molecule has 0 aliphatic heterocycles. The molecule has 1 rings (SSSR count). The van der Waals surface area contributed by atoms with Gasteiger partial charge >= 0.3 is 0 Å². The first kappa shape index (κ1) is 14.6. The molecule has 0 nitrogen and oxygen atoms in total. The third-order valence-electron chi connectivity index (χ3n) is 1.23. The van der Waals surface area contributed by atoms with E-state index in [1.807, 2.05) is 30.3 Å². The van der Waals surface area contributed by atoms with E-state index in [2.05, 4.69) is 6.58 Å². The molecule has 0 saturated carbocycles. The summed E-state index contributed by atoms with van der Waals surface area (Å²) in [6, 6.07) is 9.75. The van der Waals surface area contributed by atoms with Gasteiger partial charge in [0.25, 0.3) is 14.8 Å².